The maximum absolute atomic E-state index is 12.7. The Balaban J connectivity index is 1.94. The van der Waals surface area contributed by atoms with E-state index in [-0.39, 0.29) is 0 Å². The fourth-order valence-electron chi connectivity index (χ4n) is 4.18. The molecule has 0 aliphatic carbocycles. The van der Waals surface area contributed by atoms with Crippen molar-refractivity contribution >= 4 is 5.97 Å². The van der Waals surface area contributed by atoms with Crippen LogP contribution >= 0.6 is 0 Å². The van der Waals surface area contributed by atoms with Crippen molar-refractivity contribution in [1.82, 2.24) is 5.32 Å². The third-order valence-electron chi connectivity index (χ3n) is 5.77. The van der Waals surface area contributed by atoms with Gasteiger partial charge in [-0.3, -0.25) is 5.32 Å². The molecule has 0 aromatic heterocycles. The van der Waals surface area contributed by atoms with Crippen molar-refractivity contribution in [2.24, 2.45) is 0 Å². The first kappa shape index (κ1) is 22.3. The number of aliphatic carboxylic acids is 1. The summed E-state index contributed by atoms with van der Waals surface area (Å²) in [6.45, 7) is 3.50. The summed E-state index contributed by atoms with van der Waals surface area (Å²) < 4.78 is 6.15. The van der Waals surface area contributed by atoms with Crippen LogP contribution in [-0.4, -0.2) is 16.8 Å². The van der Waals surface area contributed by atoms with E-state index in [0.29, 0.717) is 5.75 Å². The van der Waals surface area contributed by atoms with Crippen LogP contribution in [0.1, 0.15) is 29.2 Å². The molecule has 0 aliphatic heterocycles. The molecule has 2 N–H and O–H groups in total. The predicted molar refractivity (Wildman–Crippen MR) is 130 cm³/mol. The summed E-state index contributed by atoms with van der Waals surface area (Å²) in [5.41, 5.74) is 0.976. The van der Waals surface area contributed by atoms with Crippen LogP contribution in [0.25, 0.3) is 0 Å². The summed E-state index contributed by atoms with van der Waals surface area (Å²) in [7, 11) is 0. The zero-order valence-electron chi connectivity index (χ0n) is 18.7. The van der Waals surface area contributed by atoms with Gasteiger partial charge in [-0.1, -0.05) is 103 Å². The van der Waals surface area contributed by atoms with Crippen LogP contribution < -0.4 is 10.1 Å². The van der Waals surface area contributed by atoms with E-state index in [4.69, 9.17) is 4.74 Å². The summed E-state index contributed by atoms with van der Waals surface area (Å²) in [5.74, 6) is -0.633. The molecule has 4 heteroatoms. The minimum absolute atomic E-state index is 0.482. The summed E-state index contributed by atoms with van der Waals surface area (Å²) in [4.78, 5) is 12.7. The van der Waals surface area contributed by atoms with Gasteiger partial charge < -0.3 is 9.84 Å². The number of carboxylic acids is 1. The first-order valence-electron chi connectivity index (χ1n) is 10.9. The fourth-order valence-corrected chi connectivity index (χ4v) is 4.18. The monoisotopic (exact) mass is 437 g/mol. The molecule has 4 aromatic rings. The SMILES string of the molecule is Cc1cccc(OC(C)(NC(c2ccccc2)(c2ccccc2)c2ccccc2)C(=O)O)c1. The number of hydrogen-bond donors (Lipinski definition) is 2. The molecule has 1 atom stereocenters. The number of hydrogen-bond acceptors (Lipinski definition) is 3. The van der Waals surface area contributed by atoms with Crippen LogP contribution in [-0.2, 0) is 10.3 Å². The van der Waals surface area contributed by atoms with Crippen molar-refractivity contribution in [3.8, 4) is 5.75 Å². The van der Waals surface area contributed by atoms with Gasteiger partial charge in [0.1, 0.15) is 5.75 Å². The van der Waals surface area contributed by atoms with E-state index >= 15 is 0 Å². The first-order valence-corrected chi connectivity index (χ1v) is 10.9. The molecule has 0 saturated heterocycles. The van der Waals surface area contributed by atoms with E-state index in [0.717, 1.165) is 22.3 Å². The van der Waals surface area contributed by atoms with Crippen molar-refractivity contribution in [3.05, 3.63) is 138 Å². The Bertz CT molecular complexity index is 1110. The average molecular weight is 438 g/mol. The Morgan fingerprint density at radius 1 is 0.727 bits per heavy atom. The Morgan fingerprint density at radius 3 is 1.58 bits per heavy atom. The summed E-state index contributed by atoms with van der Waals surface area (Å²) in [5, 5.41) is 13.8. The van der Waals surface area contributed by atoms with Crippen LogP contribution in [0, 0.1) is 6.92 Å². The Kier molecular flexibility index (Phi) is 6.29. The van der Waals surface area contributed by atoms with Crippen LogP contribution in [0.15, 0.2) is 115 Å². The van der Waals surface area contributed by atoms with E-state index in [9.17, 15) is 9.90 Å². The van der Waals surface area contributed by atoms with E-state index in [1.165, 1.54) is 0 Å². The van der Waals surface area contributed by atoms with Crippen LogP contribution in [0.5, 0.6) is 5.75 Å². The Hall–Kier alpha value is -3.89. The van der Waals surface area contributed by atoms with E-state index in [1.54, 1.807) is 13.0 Å². The van der Waals surface area contributed by atoms with E-state index in [1.807, 2.05) is 116 Å². The molecule has 0 bridgehead atoms. The molecule has 0 aliphatic rings. The van der Waals surface area contributed by atoms with Crippen LogP contribution in [0.3, 0.4) is 0 Å². The topological polar surface area (TPSA) is 58.6 Å². The maximum Gasteiger partial charge on any atom is 0.363 e. The van der Waals surface area contributed by atoms with Crippen LogP contribution in [0.2, 0.25) is 0 Å². The molecule has 0 radical (unpaired) electrons. The van der Waals surface area contributed by atoms with Gasteiger partial charge >= 0.3 is 5.97 Å². The first-order chi connectivity index (χ1) is 15.9. The smallest absolute Gasteiger partial charge is 0.363 e. The second-order valence-electron chi connectivity index (χ2n) is 8.23. The van der Waals surface area contributed by atoms with Crippen LogP contribution in [0.4, 0.5) is 0 Å². The Labute approximate surface area is 194 Å². The molecule has 0 amide bonds. The van der Waals surface area contributed by atoms with Crippen molar-refractivity contribution in [3.63, 3.8) is 0 Å². The number of carboxylic acid groups (broad SMARTS) is 1. The zero-order valence-corrected chi connectivity index (χ0v) is 18.7. The van der Waals surface area contributed by atoms with Gasteiger partial charge in [-0.15, -0.1) is 0 Å². The number of ether oxygens (including phenoxy) is 1. The zero-order chi connectivity index (χ0) is 23.3. The lowest BCUT2D eigenvalue weighted by atomic mass is 9.76. The molecule has 166 valence electrons. The minimum Gasteiger partial charge on any atom is -0.477 e. The van der Waals surface area contributed by atoms with Gasteiger partial charge in [0.25, 0.3) is 5.72 Å². The number of aryl methyl sites for hydroxylation is 1. The predicted octanol–water partition coefficient (Wildman–Crippen LogP) is 5.76. The van der Waals surface area contributed by atoms with Gasteiger partial charge in [0.15, 0.2) is 0 Å². The summed E-state index contributed by atoms with van der Waals surface area (Å²) in [6, 6.07) is 37.0. The van der Waals surface area contributed by atoms with Crippen molar-refractivity contribution in [2.75, 3.05) is 0 Å². The Morgan fingerprint density at radius 2 is 1.18 bits per heavy atom. The summed E-state index contributed by atoms with van der Waals surface area (Å²) >= 11 is 0. The van der Waals surface area contributed by atoms with E-state index in [2.05, 4.69) is 5.32 Å². The lowest BCUT2D eigenvalue weighted by Gasteiger charge is -2.42. The van der Waals surface area contributed by atoms with Gasteiger partial charge in [-0.2, -0.15) is 0 Å². The molecule has 4 nitrogen and oxygen atoms in total. The largest absolute Gasteiger partial charge is 0.477 e. The molecule has 0 heterocycles. The van der Waals surface area contributed by atoms with Gasteiger partial charge in [-0.05, 0) is 41.3 Å². The van der Waals surface area contributed by atoms with E-state index < -0.39 is 17.2 Å². The van der Waals surface area contributed by atoms with Crippen molar-refractivity contribution < 1.29 is 14.6 Å². The molecule has 4 aromatic carbocycles. The molecule has 0 spiro atoms. The molecule has 0 fully saturated rings. The van der Waals surface area contributed by atoms with Crippen molar-refractivity contribution in [1.29, 1.82) is 0 Å². The maximum atomic E-state index is 12.7. The van der Waals surface area contributed by atoms with Crippen molar-refractivity contribution in [2.45, 2.75) is 25.1 Å². The number of rotatable bonds is 8. The van der Waals surface area contributed by atoms with Gasteiger partial charge in [-0.25, -0.2) is 4.79 Å². The second kappa shape index (κ2) is 9.31. The molecule has 1 unspecified atom stereocenters. The second-order valence-corrected chi connectivity index (χ2v) is 8.23. The number of carbonyl (C=O) groups is 1. The minimum atomic E-state index is -1.74. The number of benzene rings is 4. The normalized spacial score (nSPS) is 13.2. The average Bonchev–Trinajstić information content (AvgIpc) is 2.84. The molecular weight excluding hydrogens is 410 g/mol. The highest BCUT2D eigenvalue weighted by atomic mass is 16.5. The molecule has 4 rings (SSSR count). The molecule has 33 heavy (non-hydrogen) atoms. The molecule has 0 saturated carbocycles. The lowest BCUT2D eigenvalue weighted by molar-refractivity contribution is -0.158. The van der Waals surface area contributed by atoms with Gasteiger partial charge in [0, 0.05) is 6.92 Å². The van der Waals surface area contributed by atoms with Gasteiger partial charge in [0.2, 0.25) is 0 Å². The standard InChI is InChI=1S/C29H27NO3/c1-22-13-12-20-26(21-22)33-28(2,27(31)32)30-29(23-14-6-3-7-15-23,24-16-8-4-9-17-24)25-18-10-5-11-19-25/h3-21,30H,1-2H3,(H,31,32). The number of nitrogens with one attached hydrogen (secondary N) is 1. The lowest BCUT2D eigenvalue weighted by Crippen LogP contribution is -2.63. The fraction of sp³-hybridized carbons (Fsp3) is 0.138. The quantitative estimate of drug-likeness (QED) is 0.272. The highest BCUT2D eigenvalue weighted by Gasteiger charge is 2.47. The third-order valence-corrected chi connectivity index (χ3v) is 5.77. The highest BCUT2D eigenvalue weighted by molar-refractivity contribution is 5.77. The highest BCUT2D eigenvalue weighted by Crippen LogP contribution is 2.39. The third kappa shape index (κ3) is 4.52. The van der Waals surface area contributed by atoms with Gasteiger partial charge in [0.05, 0.1) is 5.54 Å². The molecular formula is C29H27NO3. The summed E-state index contributed by atoms with van der Waals surface area (Å²) in [6.07, 6.45) is 0.